The minimum atomic E-state index is -0.238. The molecule has 0 spiro atoms. The van der Waals surface area contributed by atoms with Gasteiger partial charge in [-0.2, -0.15) is 0 Å². The van der Waals surface area contributed by atoms with Crippen molar-refractivity contribution < 1.29 is 9.53 Å². The minimum Gasteiger partial charge on any atom is -0.465 e. The molecule has 1 saturated carbocycles. The molecule has 1 aromatic heterocycles. The standard InChI is InChI=1S/C9H11NO2/c1-12-9(11)8-5-10-4-7(8)6-2-3-6/h4-6,10H,2-3H2,1H3. The van der Waals surface area contributed by atoms with Crippen molar-refractivity contribution in [3.05, 3.63) is 23.5 Å². The lowest BCUT2D eigenvalue weighted by Crippen LogP contribution is -2.01. The van der Waals surface area contributed by atoms with Gasteiger partial charge in [-0.3, -0.25) is 0 Å². The molecule has 0 saturated heterocycles. The number of carbonyl (C=O) groups is 1. The van der Waals surface area contributed by atoms with Gasteiger partial charge in [0.25, 0.3) is 0 Å². The summed E-state index contributed by atoms with van der Waals surface area (Å²) in [5.74, 6) is 0.350. The summed E-state index contributed by atoms with van der Waals surface area (Å²) >= 11 is 0. The molecule has 3 nitrogen and oxygen atoms in total. The lowest BCUT2D eigenvalue weighted by atomic mass is 10.1. The number of aromatic amines is 1. The zero-order valence-electron chi connectivity index (χ0n) is 6.96. The third-order valence-corrected chi connectivity index (χ3v) is 2.20. The summed E-state index contributed by atoms with van der Waals surface area (Å²) in [6.07, 6.45) is 5.99. The topological polar surface area (TPSA) is 42.1 Å². The fourth-order valence-corrected chi connectivity index (χ4v) is 1.39. The average molecular weight is 165 g/mol. The van der Waals surface area contributed by atoms with Crippen LogP contribution in [0.15, 0.2) is 12.4 Å². The van der Waals surface area contributed by atoms with Crippen LogP contribution in [-0.2, 0) is 4.74 Å². The Morgan fingerprint density at radius 1 is 1.58 bits per heavy atom. The van der Waals surface area contributed by atoms with Gasteiger partial charge in [-0.15, -0.1) is 0 Å². The van der Waals surface area contributed by atoms with Crippen molar-refractivity contribution in [2.24, 2.45) is 0 Å². The SMILES string of the molecule is COC(=O)c1c[nH]cc1C1CC1. The van der Waals surface area contributed by atoms with Crippen molar-refractivity contribution in [2.75, 3.05) is 7.11 Å². The second-order valence-electron chi connectivity index (χ2n) is 3.09. The summed E-state index contributed by atoms with van der Waals surface area (Å²) in [6.45, 7) is 0. The van der Waals surface area contributed by atoms with Gasteiger partial charge < -0.3 is 9.72 Å². The first-order valence-electron chi connectivity index (χ1n) is 4.08. The molecule has 0 bridgehead atoms. The van der Waals surface area contributed by atoms with E-state index < -0.39 is 0 Å². The molecular formula is C9H11NO2. The normalized spacial score (nSPS) is 16.1. The lowest BCUT2D eigenvalue weighted by molar-refractivity contribution is 0.0600. The smallest absolute Gasteiger partial charge is 0.339 e. The van der Waals surface area contributed by atoms with Crippen LogP contribution < -0.4 is 0 Å². The molecule has 12 heavy (non-hydrogen) atoms. The van der Waals surface area contributed by atoms with Gasteiger partial charge >= 0.3 is 5.97 Å². The quantitative estimate of drug-likeness (QED) is 0.677. The molecule has 3 heteroatoms. The fraction of sp³-hybridized carbons (Fsp3) is 0.444. The van der Waals surface area contributed by atoms with Crippen molar-refractivity contribution in [3.63, 3.8) is 0 Å². The van der Waals surface area contributed by atoms with Crippen molar-refractivity contribution in [1.82, 2.24) is 4.98 Å². The number of H-pyrrole nitrogens is 1. The lowest BCUT2D eigenvalue weighted by Gasteiger charge is -1.98. The molecule has 0 radical (unpaired) electrons. The molecule has 1 heterocycles. The van der Waals surface area contributed by atoms with E-state index in [0.29, 0.717) is 11.5 Å². The molecule has 0 atom stereocenters. The van der Waals surface area contributed by atoms with E-state index in [4.69, 9.17) is 0 Å². The highest BCUT2D eigenvalue weighted by Gasteiger charge is 2.28. The van der Waals surface area contributed by atoms with Crippen LogP contribution in [0.3, 0.4) is 0 Å². The Balaban J connectivity index is 2.29. The Kier molecular flexibility index (Phi) is 1.64. The van der Waals surface area contributed by atoms with Gasteiger partial charge in [-0.05, 0) is 24.3 Å². The number of esters is 1. The van der Waals surface area contributed by atoms with Crippen LogP contribution in [0, 0.1) is 0 Å². The summed E-state index contributed by atoms with van der Waals surface area (Å²) in [5, 5.41) is 0. The van der Waals surface area contributed by atoms with Gasteiger partial charge in [0.15, 0.2) is 0 Å². The van der Waals surface area contributed by atoms with E-state index in [1.54, 1.807) is 6.20 Å². The van der Waals surface area contributed by atoms with Crippen LogP contribution in [0.4, 0.5) is 0 Å². The summed E-state index contributed by atoms with van der Waals surface area (Å²) in [5.41, 5.74) is 1.81. The zero-order valence-corrected chi connectivity index (χ0v) is 6.96. The van der Waals surface area contributed by atoms with Crippen LogP contribution in [-0.4, -0.2) is 18.1 Å². The number of hydrogen-bond acceptors (Lipinski definition) is 2. The maximum absolute atomic E-state index is 11.2. The van der Waals surface area contributed by atoms with Gasteiger partial charge in [0.2, 0.25) is 0 Å². The van der Waals surface area contributed by atoms with Crippen LogP contribution in [0.25, 0.3) is 0 Å². The Labute approximate surface area is 70.7 Å². The first-order chi connectivity index (χ1) is 5.83. The van der Waals surface area contributed by atoms with Crippen LogP contribution in [0.5, 0.6) is 0 Å². The number of rotatable bonds is 2. The van der Waals surface area contributed by atoms with Crippen molar-refractivity contribution >= 4 is 5.97 Å². The first-order valence-corrected chi connectivity index (χ1v) is 4.08. The molecule has 64 valence electrons. The van der Waals surface area contributed by atoms with Crippen molar-refractivity contribution in [1.29, 1.82) is 0 Å². The minimum absolute atomic E-state index is 0.238. The van der Waals surface area contributed by atoms with Gasteiger partial charge in [0, 0.05) is 12.4 Å². The van der Waals surface area contributed by atoms with Crippen molar-refractivity contribution in [3.8, 4) is 0 Å². The van der Waals surface area contributed by atoms with E-state index in [0.717, 1.165) is 5.56 Å². The average Bonchev–Trinajstić information content (AvgIpc) is 2.83. The zero-order chi connectivity index (χ0) is 8.55. The van der Waals surface area contributed by atoms with E-state index in [-0.39, 0.29) is 5.97 Å². The molecule has 0 unspecified atom stereocenters. The first kappa shape index (κ1) is 7.40. The molecule has 1 aliphatic rings. The molecule has 1 N–H and O–H groups in total. The van der Waals surface area contributed by atoms with E-state index >= 15 is 0 Å². The summed E-state index contributed by atoms with van der Waals surface area (Å²) < 4.78 is 4.65. The predicted molar refractivity (Wildman–Crippen MR) is 44.1 cm³/mol. The highest BCUT2D eigenvalue weighted by atomic mass is 16.5. The van der Waals surface area contributed by atoms with E-state index in [1.807, 2.05) is 6.20 Å². The summed E-state index contributed by atoms with van der Waals surface area (Å²) in [7, 11) is 1.41. The summed E-state index contributed by atoms with van der Waals surface area (Å²) in [4.78, 5) is 14.1. The van der Waals surface area contributed by atoms with Gasteiger partial charge in [-0.1, -0.05) is 0 Å². The van der Waals surface area contributed by atoms with Crippen LogP contribution in [0.1, 0.15) is 34.7 Å². The third-order valence-electron chi connectivity index (χ3n) is 2.20. The molecule has 0 amide bonds. The largest absolute Gasteiger partial charge is 0.465 e. The number of nitrogens with one attached hydrogen (secondary N) is 1. The van der Waals surface area contributed by atoms with Gasteiger partial charge in [0.05, 0.1) is 12.7 Å². The number of methoxy groups -OCH3 is 1. The number of hydrogen-bond donors (Lipinski definition) is 1. The van der Waals surface area contributed by atoms with E-state index in [1.165, 1.54) is 20.0 Å². The Hall–Kier alpha value is -1.25. The fourth-order valence-electron chi connectivity index (χ4n) is 1.39. The molecule has 1 aromatic rings. The maximum Gasteiger partial charge on any atom is 0.339 e. The Morgan fingerprint density at radius 3 is 2.92 bits per heavy atom. The summed E-state index contributed by atoms with van der Waals surface area (Å²) in [6, 6.07) is 0. The van der Waals surface area contributed by atoms with Crippen molar-refractivity contribution in [2.45, 2.75) is 18.8 Å². The van der Waals surface area contributed by atoms with E-state index in [9.17, 15) is 4.79 Å². The molecule has 0 aromatic carbocycles. The number of ether oxygens (including phenoxy) is 1. The Morgan fingerprint density at radius 2 is 2.33 bits per heavy atom. The monoisotopic (exact) mass is 165 g/mol. The second-order valence-corrected chi connectivity index (χ2v) is 3.09. The van der Waals surface area contributed by atoms with E-state index in [2.05, 4.69) is 9.72 Å². The third kappa shape index (κ3) is 1.11. The highest BCUT2D eigenvalue weighted by Crippen LogP contribution is 2.41. The Bertz CT molecular complexity index is 299. The van der Waals surface area contributed by atoms with Crippen LogP contribution >= 0.6 is 0 Å². The number of carbonyl (C=O) groups excluding carboxylic acids is 1. The second kappa shape index (κ2) is 2.66. The molecule has 2 rings (SSSR count). The predicted octanol–water partition coefficient (Wildman–Crippen LogP) is 1.68. The van der Waals surface area contributed by atoms with Gasteiger partial charge in [-0.25, -0.2) is 4.79 Å². The number of aromatic nitrogens is 1. The van der Waals surface area contributed by atoms with Crippen LogP contribution in [0.2, 0.25) is 0 Å². The molecule has 1 aliphatic carbocycles. The highest BCUT2D eigenvalue weighted by molar-refractivity contribution is 5.91. The molecule has 0 aliphatic heterocycles. The maximum atomic E-state index is 11.2. The molecular weight excluding hydrogens is 154 g/mol. The molecule has 1 fully saturated rings. The van der Waals surface area contributed by atoms with Gasteiger partial charge in [0.1, 0.15) is 0 Å².